The Balaban J connectivity index is 1.83. The van der Waals surface area contributed by atoms with Gasteiger partial charge in [-0.3, -0.25) is 9.69 Å². The van der Waals surface area contributed by atoms with E-state index in [0.717, 1.165) is 18.4 Å². The van der Waals surface area contributed by atoms with E-state index in [1.807, 2.05) is 12.1 Å². The number of fused-ring (bicyclic) bond motifs is 1. The van der Waals surface area contributed by atoms with Gasteiger partial charge in [0.2, 0.25) is 0 Å². The Morgan fingerprint density at radius 2 is 2.21 bits per heavy atom. The van der Waals surface area contributed by atoms with Crippen molar-refractivity contribution in [2.45, 2.75) is 12.8 Å². The van der Waals surface area contributed by atoms with E-state index in [9.17, 15) is 4.79 Å². The summed E-state index contributed by atoms with van der Waals surface area (Å²) in [6.07, 6.45) is 3.34. The Morgan fingerprint density at radius 3 is 3.04 bits per heavy atom. The third-order valence-corrected chi connectivity index (χ3v) is 4.28. The fourth-order valence-electron chi connectivity index (χ4n) is 2.76. The summed E-state index contributed by atoms with van der Waals surface area (Å²) in [5, 5.41) is 0.661. The minimum Gasteiger partial charge on any atom is -0.491 e. The van der Waals surface area contributed by atoms with Crippen LogP contribution in [0.3, 0.4) is 0 Å². The molecular formula is C18H19ClN2O3. The highest BCUT2D eigenvalue weighted by molar-refractivity contribution is 6.31. The molecule has 2 heterocycles. The SMILES string of the molecule is COCCOc1cccc(C(=O)N2CCCc3c(Cl)ccnc32)c1. The normalized spacial score (nSPS) is 13.5. The summed E-state index contributed by atoms with van der Waals surface area (Å²) in [7, 11) is 1.62. The monoisotopic (exact) mass is 346 g/mol. The summed E-state index contributed by atoms with van der Waals surface area (Å²) in [6.45, 7) is 1.58. The van der Waals surface area contributed by atoms with Gasteiger partial charge in [0.25, 0.3) is 5.91 Å². The second-order valence-corrected chi connectivity index (χ2v) is 5.93. The molecule has 0 N–H and O–H groups in total. The first-order valence-corrected chi connectivity index (χ1v) is 8.25. The number of amides is 1. The van der Waals surface area contributed by atoms with Crippen molar-refractivity contribution in [3.8, 4) is 5.75 Å². The van der Waals surface area contributed by atoms with E-state index in [1.165, 1.54) is 0 Å². The van der Waals surface area contributed by atoms with Gasteiger partial charge in [-0.25, -0.2) is 4.98 Å². The van der Waals surface area contributed by atoms with Gasteiger partial charge in [-0.05, 0) is 37.1 Å². The number of aromatic nitrogens is 1. The standard InChI is InChI=1S/C18H19ClN2O3/c1-23-10-11-24-14-5-2-4-13(12-14)18(22)21-9-3-6-15-16(19)7-8-20-17(15)21/h2,4-5,7-8,12H,3,6,9-11H2,1H3. The maximum absolute atomic E-state index is 12.9. The third kappa shape index (κ3) is 3.52. The van der Waals surface area contributed by atoms with Crippen LogP contribution in [0, 0.1) is 0 Å². The van der Waals surface area contributed by atoms with E-state index in [0.29, 0.717) is 41.9 Å². The van der Waals surface area contributed by atoms with Gasteiger partial charge in [-0.2, -0.15) is 0 Å². The molecule has 1 aromatic carbocycles. The van der Waals surface area contributed by atoms with Crippen LogP contribution in [-0.4, -0.2) is 37.8 Å². The number of pyridine rings is 1. The molecule has 3 rings (SSSR count). The molecule has 0 fully saturated rings. The molecule has 0 bridgehead atoms. The summed E-state index contributed by atoms with van der Waals surface area (Å²) in [5.74, 6) is 1.21. The molecule has 1 aliphatic rings. The van der Waals surface area contributed by atoms with Crippen molar-refractivity contribution < 1.29 is 14.3 Å². The largest absolute Gasteiger partial charge is 0.491 e. The Bertz CT molecular complexity index is 736. The van der Waals surface area contributed by atoms with Gasteiger partial charge in [0.1, 0.15) is 18.2 Å². The maximum Gasteiger partial charge on any atom is 0.259 e. The highest BCUT2D eigenvalue weighted by atomic mass is 35.5. The van der Waals surface area contributed by atoms with Crippen LogP contribution in [0.1, 0.15) is 22.3 Å². The van der Waals surface area contributed by atoms with Crippen molar-refractivity contribution in [1.82, 2.24) is 4.98 Å². The summed E-state index contributed by atoms with van der Waals surface area (Å²) in [6, 6.07) is 8.93. The van der Waals surface area contributed by atoms with Gasteiger partial charge in [0, 0.05) is 36.0 Å². The van der Waals surface area contributed by atoms with Gasteiger partial charge < -0.3 is 9.47 Å². The molecule has 0 unspecified atom stereocenters. The van der Waals surface area contributed by atoms with E-state index in [1.54, 1.807) is 36.4 Å². The van der Waals surface area contributed by atoms with Crippen LogP contribution < -0.4 is 9.64 Å². The first kappa shape index (κ1) is 16.7. The Kier molecular flexibility index (Phi) is 5.33. The number of rotatable bonds is 5. The number of halogens is 1. The van der Waals surface area contributed by atoms with E-state index in [-0.39, 0.29) is 5.91 Å². The van der Waals surface area contributed by atoms with Gasteiger partial charge >= 0.3 is 0 Å². The van der Waals surface area contributed by atoms with Crippen molar-refractivity contribution >= 4 is 23.3 Å². The molecule has 0 aliphatic carbocycles. The first-order chi connectivity index (χ1) is 11.7. The van der Waals surface area contributed by atoms with Crippen LogP contribution in [-0.2, 0) is 11.2 Å². The van der Waals surface area contributed by atoms with Crippen LogP contribution in [0.25, 0.3) is 0 Å². The lowest BCUT2D eigenvalue weighted by Gasteiger charge is -2.28. The highest BCUT2D eigenvalue weighted by Crippen LogP contribution is 2.31. The molecule has 1 aromatic heterocycles. The smallest absolute Gasteiger partial charge is 0.259 e. The second kappa shape index (κ2) is 7.64. The summed E-state index contributed by atoms with van der Waals surface area (Å²) in [4.78, 5) is 19.0. The number of hydrogen-bond acceptors (Lipinski definition) is 4. The average Bonchev–Trinajstić information content (AvgIpc) is 2.62. The minimum atomic E-state index is -0.0945. The first-order valence-electron chi connectivity index (χ1n) is 7.88. The lowest BCUT2D eigenvalue weighted by Crippen LogP contribution is -2.36. The Morgan fingerprint density at radius 1 is 1.33 bits per heavy atom. The zero-order valence-corrected chi connectivity index (χ0v) is 14.3. The van der Waals surface area contributed by atoms with Gasteiger partial charge in [-0.15, -0.1) is 0 Å². The molecule has 6 heteroatoms. The summed E-state index contributed by atoms with van der Waals surface area (Å²) in [5.41, 5.74) is 1.51. The van der Waals surface area contributed by atoms with Crippen molar-refractivity contribution in [2.75, 3.05) is 31.8 Å². The predicted molar refractivity (Wildman–Crippen MR) is 93.1 cm³/mol. The lowest BCUT2D eigenvalue weighted by atomic mass is 10.0. The van der Waals surface area contributed by atoms with Crippen LogP contribution in [0.5, 0.6) is 5.75 Å². The highest BCUT2D eigenvalue weighted by Gasteiger charge is 2.26. The second-order valence-electron chi connectivity index (χ2n) is 5.52. The average molecular weight is 347 g/mol. The molecule has 0 saturated carbocycles. The zero-order chi connectivity index (χ0) is 16.9. The van der Waals surface area contributed by atoms with Crippen molar-refractivity contribution in [3.63, 3.8) is 0 Å². The topological polar surface area (TPSA) is 51.7 Å². The van der Waals surface area contributed by atoms with E-state index < -0.39 is 0 Å². The number of hydrogen-bond donors (Lipinski definition) is 0. The summed E-state index contributed by atoms with van der Waals surface area (Å²) >= 11 is 6.24. The minimum absolute atomic E-state index is 0.0945. The lowest BCUT2D eigenvalue weighted by molar-refractivity contribution is 0.0983. The molecule has 0 saturated heterocycles. The number of methoxy groups -OCH3 is 1. The summed E-state index contributed by atoms with van der Waals surface area (Å²) < 4.78 is 10.5. The molecule has 0 atom stereocenters. The quantitative estimate of drug-likeness (QED) is 0.779. The molecule has 1 aliphatic heterocycles. The van der Waals surface area contributed by atoms with E-state index in [2.05, 4.69) is 4.98 Å². The predicted octanol–water partition coefficient (Wildman–Crippen LogP) is 3.35. The van der Waals surface area contributed by atoms with Gasteiger partial charge in [-0.1, -0.05) is 17.7 Å². The number of benzene rings is 1. The van der Waals surface area contributed by atoms with Gasteiger partial charge in [0.15, 0.2) is 0 Å². The van der Waals surface area contributed by atoms with Crippen LogP contribution in [0.2, 0.25) is 5.02 Å². The zero-order valence-electron chi connectivity index (χ0n) is 13.5. The molecular weight excluding hydrogens is 328 g/mol. The molecule has 5 nitrogen and oxygen atoms in total. The molecule has 24 heavy (non-hydrogen) atoms. The van der Waals surface area contributed by atoms with E-state index in [4.69, 9.17) is 21.1 Å². The number of nitrogens with zero attached hydrogens (tertiary/aromatic N) is 2. The molecule has 1 amide bonds. The van der Waals surface area contributed by atoms with Crippen molar-refractivity contribution in [3.05, 3.63) is 52.7 Å². The Hall–Kier alpha value is -2.11. The fourth-order valence-corrected chi connectivity index (χ4v) is 2.99. The van der Waals surface area contributed by atoms with Crippen molar-refractivity contribution in [1.29, 1.82) is 0 Å². The Labute approximate surface area is 146 Å². The van der Waals surface area contributed by atoms with Crippen LogP contribution in [0.4, 0.5) is 5.82 Å². The molecule has 0 spiro atoms. The van der Waals surface area contributed by atoms with Gasteiger partial charge in [0.05, 0.1) is 6.61 Å². The van der Waals surface area contributed by atoms with Crippen molar-refractivity contribution in [2.24, 2.45) is 0 Å². The molecule has 0 radical (unpaired) electrons. The number of ether oxygens (including phenoxy) is 2. The number of carbonyl (C=O) groups excluding carboxylic acids is 1. The molecule has 2 aromatic rings. The maximum atomic E-state index is 12.9. The number of carbonyl (C=O) groups is 1. The number of anilines is 1. The van der Waals surface area contributed by atoms with E-state index >= 15 is 0 Å². The van der Waals surface area contributed by atoms with Crippen LogP contribution in [0.15, 0.2) is 36.5 Å². The van der Waals surface area contributed by atoms with Crippen LogP contribution >= 0.6 is 11.6 Å². The molecule has 126 valence electrons. The third-order valence-electron chi connectivity index (χ3n) is 3.92. The fraction of sp³-hybridized carbons (Fsp3) is 0.333.